The van der Waals surface area contributed by atoms with Crippen molar-refractivity contribution in [3.05, 3.63) is 39.8 Å². The Balaban J connectivity index is 1.57. The maximum atomic E-state index is 13.6. The van der Waals surface area contributed by atoms with Crippen LogP contribution in [0.2, 0.25) is 0 Å². The Labute approximate surface area is 175 Å². The molecule has 1 aliphatic rings. The molecule has 3 aromatic rings. The van der Waals surface area contributed by atoms with Gasteiger partial charge in [-0.25, -0.2) is 9.50 Å². The molecule has 0 saturated carbocycles. The molecule has 160 valence electrons. The van der Waals surface area contributed by atoms with Crippen LogP contribution in [0.3, 0.4) is 0 Å². The zero-order valence-corrected chi connectivity index (χ0v) is 17.6. The lowest BCUT2D eigenvalue weighted by atomic mass is 9.93. The van der Waals surface area contributed by atoms with E-state index in [2.05, 4.69) is 19.7 Å². The van der Waals surface area contributed by atoms with Crippen LogP contribution in [0.1, 0.15) is 71.0 Å². The van der Waals surface area contributed by atoms with E-state index in [1.54, 1.807) is 17.9 Å². The number of nitrogens with zero attached hydrogens (tertiary/aromatic N) is 6. The van der Waals surface area contributed by atoms with Crippen molar-refractivity contribution >= 4 is 23.1 Å². The summed E-state index contributed by atoms with van der Waals surface area (Å²) in [6.45, 7) is 6.38. The molecule has 1 amide bonds. The molecule has 0 aromatic carbocycles. The van der Waals surface area contributed by atoms with Gasteiger partial charge in [-0.05, 0) is 43.3 Å². The predicted octanol–water partition coefficient (Wildman–Crippen LogP) is 4.05. The first-order valence-electron chi connectivity index (χ1n) is 9.71. The third kappa shape index (κ3) is 3.78. The lowest BCUT2D eigenvalue weighted by Crippen LogP contribution is -2.37. The molecule has 4 heterocycles. The van der Waals surface area contributed by atoms with Crippen molar-refractivity contribution in [3.8, 4) is 0 Å². The monoisotopic (exact) mass is 438 g/mol. The van der Waals surface area contributed by atoms with E-state index in [-0.39, 0.29) is 23.4 Å². The van der Waals surface area contributed by atoms with Crippen LogP contribution >= 0.6 is 11.5 Å². The molecule has 0 radical (unpaired) electrons. The van der Waals surface area contributed by atoms with Crippen molar-refractivity contribution in [1.29, 1.82) is 0 Å². The Kier molecular flexibility index (Phi) is 5.25. The van der Waals surface area contributed by atoms with E-state index in [1.807, 2.05) is 13.8 Å². The van der Waals surface area contributed by atoms with Crippen LogP contribution in [0, 0.1) is 6.92 Å². The Morgan fingerprint density at radius 3 is 2.50 bits per heavy atom. The summed E-state index contributed by atoms with van der Waals surface area (Å²) >= 11 is 1.08. The Morgan fingerprint density at radius 2 is 1.93 bits per heavy atom. The van der Waals surface area contributed by atoms with E-state index in [1.165, 1.54) is 0 Å². The first-order chi connectivity index (χ1) is 14.1. The van der Waals surface area contributed by atoms with Gasteiger partial charge in [-0.15, -0.1) is 5.10 Å². The average molecular weight is 438 g/mol. The quantitative estimate of drug-likeness (QED) is 0.617. The molecule has 11 heteroatoms. The summed E-state index contributed by atoms with van der Waals surface area (Å²) in [5.74, 6) is -0.257. The van der Waals surface area contributed by atoms with Gasteiger partial charge in [0.1, 0.15) is 10.6 Å². The van der Waals surface area contributed by atoms with Crippen LogP contribution in [0.25, 0.3) is 5.65 Å². The number of aryl methyl sites for hydroxylation is 1. The summed E-state index contributed by atoms with van der Waals surface area (Å²) < 4.78 is 45.4. The SMILES string of the molecule is Cc1nnsc1C(=O)N1CCC(c2cc3nc(C(C)C)cc(C(F)(F)F)n3n2)CC1. The number of alkyl halides is 3. The van der Waals surface area contributed by atoms with Crippen LogP contribution in [-0.4, -0.2) is 48.1 Å². The van der Waals surface area contributed by atoms with Crippen LogP contribution in [0.4, 0.5) is 13.2 Å². The normalized spacial score (nSPS) is 16.0. The Bertz CT molecular complexity index is 1080. The fourth-order valence-corrected chi connectivity index (χ4v) is 4.28. The minimum absolute atomic E-state index is 0.0278. The fourth-order valence-electron chi connectivity index (χ4n) is 3.66. The van der Waals surface area contributed by atoms with Gasteiger partial charge in [-0.3, -0.25) is 4.79 Å². The second-order valence-corrected chi connectivity index (χ2v) is 8.57. The molecule has 1 aliphatic heterocycles. The van der Waals surface area contributed by atoms with E-state index in [9.17, 15) is 18.0 Å². The standard InChI is InChI=1S/C19H21F3N6OS/c1-10(2)13-8-15(19(20,21)22)28-16(23-13)9-14(25-28)12-4-6-27(7-5-12)18(29)17-11(3)24-26-30-17/h8-10,12H,4-7H2,1-3H3. The van der Waals surface area contributed by atoms with E-state index < -0.39 is 11.9 Å². The molecular formula is C19H21F3N6OS. The zero-order chi connectivity index (χ0) is 21.6. The molecule has 0 bridgehead atoms. The summed E-state index contributed by atoms with van der Waals surface area (Å²) in [5.41, 5.74) is 0.961. The first kappa shape index (κ1) is 20.7. The van der Waals surface area contributed by atoms with E-state index in [4.69, 9.17) is 0 Å². The van der Waals surface area contributed by atoms with Crippen molar-refractivity contribution in [2.24, 2.45) is 0 Å². The molecule has 3 aromatic heterocycles. The number of likely N-dealkylation sites (tertiary alicyclic amines) is 1. The molecule has 1 saturated heterocycles. The molecule has 1 fully saturated rings. The Morgan fingerprint density at radius 1 is 1.23 bits per heavy atom. The number of aromatic nitrogens is 5. The minimum Gasteiger partial charge on any atom is -0.338 e. The van der Waals surface area contributed by atoms with E-state index >= 15 is 0 Å². The number of halogens is 3. The number of fused-ring (bicyclic) bond motifs is 1. The molecule has 30 heavy (non-hydrogen) atoms. The van der Waals surface area contributed by atoms with Crippen LogP contribution in [0.5, 0.6) is 0 Å². The highest BCUT2D eigenvalue weighted by molar-refractivity contribution is 7.07. The van der Waals surface area contributed by atoms with Gasteiger partial charge in [-0.2, -0.15) is 18.3 Å². The van der Waals surface area contributed by atoms with Gasteiger partial charge in [0.25, 0.3) is 5.91 Å². The fraction of sp³-hybridized carbons (Fsp3) is 0.526. The predicted molar refractivity (Wildman–Crippen MR) is 105 cm³/mol. The second kappa shape index (κ2) is 7.60. The minimum atomic E-state index is -4.52. The average Bonchev–Trinajstić information content (AvgIpc) is 3.31. The lowest BCUT2D eigenvalue weighted by Gasteiger charge is -2.30. The summed E-state index contributed by atoms with van der Waals surface area (Å²) in [6.07, 6.45) is -3.27. The van der Waals surface area contributed by atoms with Gasteiger partial charge in [0, 0.05) is 30.8 Å². The van der Waals surface area contributed by atoms with Crippen molar-refractivity contribution in [2.75, 3.05) is 13.1 Å². The second-order valence-electron chi connectivity index (χ2n) is 7.81. The number of amides is 1. The number of rotatable bonds is 3. The number of carbonyl (C=O) groups excluding carboxylic acids is 1. The highest BCUT2D eigenvalue weighted by Gasteiger charge is 2.36. The topological polar surface area (TPSA) is 76.3 Å². The molecule has 0 atom stereocenters. The van der Waals surface area contributed by atoms with Crippen LogP contribution in [0.15, 0.2) is 12.1 Å². The largest absolute Gasteiger partial charge is 0.433 e. The lowest BCUT2D eigenvalue weighted by molar-refractivity contribution is -0.142. The molecular weight excluding hydrogens is 417 g/mol. The molecule has 7 nitrogen and oxygen atoms in total. The van der Waals surface area contributed by atoms with Gasteiger partial charge in [0.05, 0.1) is 11.4 Å². The van der Waals surface area contributed by atoms with Gasteiger partial charge in [0.15, 0.2) is 5.65 Å². The van der Waals surface area contributed by atoms with Crippen molar-refractivity contribution in [2.45, 2.75) is 51.6 Å². The van der Waals surface area contributed by atoms with Crippen molar-refractivity contribution < 1.29 is 18.0 Å². The summed E-state index contributed by atoms with van der Waals surface area (Å²) in [7, 11) is 0. The molecule has 0 aliphatic carbocycles. The third-order valence-electron chi connectivity index (χ3n) is 5.39. The Hall–Kier alpha value is -2.56. The highest BCUT2D eigenvalue weighted by Crippen LogP contribution is 2.34. The first-order valence-corrected chi connectivity index (χ1v) is 10.5. The number of carbonyl (C=O) groups is 1. The van der Waals surface area contributed by atoms with Crippen molar-refractivity contribution in [1.82, 2.24) is 29.1 Å². The maximum absolute atomic E-state index is 13.6. The van der Waals surface area contributed by atoms with Gasteiger partial charge in [-0.1, -0.05) is 18.3 Å². The summed E-state index contributed by atoms with van der Waals surface area (Å²) in [6, 6.07) is 2.71. The summed E-state index contributed by atoms with van der Waals surface area (Å²) in [5, 5.41) is 8.13. The van der Waals surface area contributed by atoms with Crippen molar-refractivity contribution in [3.63, 3.8) is 0 Å². The zero-order valence-electron chi connectivity index (χ0n) is 16.8. The van der Waals surface area contributed by atoms with Gasteiger partial charge in [0.2, 0.25) is 0 Å². The highest BCUT2D eigenvalue weighted by atomic mass is 32.1. The number of hydrogen-bond donors (Lipinski definition) is 0. The molecule has 0 N–H and O–H groups in total. The van der Waals surface area contributed by atoms with Gasteiger partial charge < -0.3 is 4.90 Å². The van der Waals surface area contributed by atoms with Crippen LogP contribution < -0.4 is 0 Å². The third-order valence-corrected chi connectivity index (χ3v) is 6.21. The van der Waals surface area contributed by atoms with E-state index in [0.717, 1.165) is 22.1 Å². The van der Waals surface area contributed by atoms with E-state index in [0.29, 0.717) is 47.9 Å². The summed E-state index contributed by atoms with van der Waals surface area (Å²) in [4.78, 5) is 19.3. The molecule has 4 rings (SSSR count). The van der Waals surface area contributed by atoms with Gasteiger partial charge >= 0.3 is 6.18 Å². The number of hydrogen-bond acceptors (Lipinski definition) is 6. The maximum Gasteiger partial charge on any atom is 0.433 e. The smallest absolute Gasteiger partial charge is 0.338 e. The van der Waals surface area contributed by atoms with Crippen LogP contribution in [-0.2, 0) is 6.18 Å². The number of piperidine rings is 1. The molecule has 0 unspecified atom stereocenters. The molecule has 0 spiro atoms.